The molecule has 0 aliphatic carbocycles. The van der Waals surface area contributed by atoms with Crippen LogP contribution >= 0.6 is 0 Å². The molecule has 0 saturated carbocycles. The fourth-order valence-corrected chi connectivity index (χ4v) is 10.9. The van der Waals surface area contributed by atoms with E-state index in [0.29, 0.717) is 46.8 Å². The number of rotatable bonds is 24. The fourth-order valence-electron chi connectivity index (χ4n) is 8.74. The minimum atomic E-state index is -5.99. The quantitative estimate of drug-likeness (QED) is 0.0149. The molecule has 2 unspecified atom stereocenters. The highest BCUT2D eigenvalue weighted by atomic mass is 32.2. The van der Waals surface area contributed by atoms with E-state index in [1.807, 2.05) is 16.4 Å². The molecule has 2 heterocycles. The van der Waals surface area contributed by atoms with Crippen molar-refractivity contribution in [2.75, 3.05) is 51.2 Å². The van der Waals surface area contributed by atoms with Gasteiger partial charge in [0.25, 0.3) is 0 Å². The van der Waals surface area contributed by atoms with Crippen molar-refractivity contribution >= 4 is 63.5 Å². The molecular weight excluding hydrogens is 1040 g/mol. The van der Waals surface area contributed by atoms with Gasteiger partial charge in [0.2, 0.25) is 23.1 Å². The lowest BCUT2D eigenvalue weighted by Crippen LogP contribution is -2.32. The summed E-state index contributed by atoms with van der Waals surface area (Å²) >= 11 is 0. The van der Waals surface area contributed by atoms with Crippen molar-refractivity contribution in [2.45, 2.75) is 84.3 Å². The SMILES string of the molecule is COCC[N+]1=C(C=CC=CC=CC=C2N(CCCCCC(=O)Oc3c(F)c(F)c(S(=O)(=O)[O-])c(F)c3F)c3ccc(S(=O)(=O)[O-])cc3C2(C)CCOC)C(C)(CCCS(=O)(=O)[O-])c2cc(S(=O)(=O)[O-])ccc21. The second kappa shape index (κ2) is 22.9. The molecule has 5 rings (SSSR count). The molecule has 0 N–H and O–H groups in total. The minimum absolute atomic E-state index is 0.00594. The summed E-state index contributed by atoms with van der Waals surface area (Å²) in [6, 6.07) is 7.84. The van der Waals surface area contributed by atoms with Gasteiger partial charge in [-0.05, 0) is 87.9 Å². The Balaban J connectivity index is 1.41. The fraction of sp³-hybridized carbons (Fsp3) is 0.391. The molecule has 0 aromatic heterocycles. The van der Waals surface area contributed by atoms with E-state index in [1.54, 1.807) is 49.5 Å². The van der Waals surface area contributed by atoms with Gasteiger partial charge in [0.05, 0.1) is 25.3 Å². The van der Waals surface area contributed by atoms with Crippen LogP contribution in [0.4, 0.5) is 28.9 Å². The molecule has 0 fully saturated rings. The summed E-state index contributed by atoms with van der Waals surface area (Å²) in [7, 11) is -17.4. The highest BCUT2D eigenvalue weighted by Gasteiger charge is 2.48. The van der Waals surface area contributed by atoms with Crippen LogP contribution in [-0.4, -0.2) is 114 Å². The van der Waals surface area contributed by atoms with Gasteiger partial charge in [0.15, 0.2) is 23.9 Å². The highest BCUT2D eigenvalue weighted by molar-refractivity contribution is 7.86. The third kappa shape index (κ3) is 13.1. The molecule has 2 aliphatic heterocycles. The summed E-state index contributed by atoms with van der Waals surface area (Å²) in [5.74, 6) is -13.8. The number of nitrogens with zero attached hydrogens (tertiary/aromatic N) is 2. The number of ether oxygens (including phenoxy) is 3. The smallest absolute Gasteiger partial charge is 0.311 e. The molecular formula is C46H49F4N2O16S4-3. The van der Waals surface area contributed by atoms with Crippen LogP contribution in [0.25, 0.3) is 0 Å². The lowest BCUT2D eigenvalue weighted by Gasteiger charge is -2.30. The van der Waals surface area contributed by atoms with E-state index >= 15 is 0 Å². The van der Waals surface area contributed by atoms with Gasteiger partial charge in [-0.15, -0.1) is 0 Å². The number of benzene rings is 3. The maximum absolute atomic E-state index is 14.4. The number of hydrogen-bond acceptors (Lipinski definition) is 17. The van der Waals surface area contributed by atoms with E-state index in [9.17, 15) is 74.2 Å². The van der Waals surface area contributed by atoms with E-state index in [0.717, 1.165) is 6.07 Å². The van der Waals surface area contributed by atoms with Crippen molar-refractivity contribution in [1.29, 1.82) is 0 Å². The van der Waals surface area contributed by atoms with E-state index in [2.05, 4.69) is 4.74 Å². The highest BCUT2D eigenvalue weighted by Crippen LogP contribution is 2.51. The number of carbonyl (C=O) groups is 1. The van der Waals surface area contributed by atoms with Crippen LogP contribution in [0.3, 0.4) is 0 Å². The Kier molecular flexibility index (Phi) is 18.4. The molecule has 3 aromatic carbocycles. The normalized spacial score (nSPS) is 19.2. The Hall–Kier alpha value is -5.16. The molecule has 394 valence electrons. The molecule has 0 saturated heterocycles. The van der Waals surface area contributed by atoms with Gasteiger partial charge in [-0.25, -0.2) is 42.5 Å². The third-order valence-corrected chi connectivity index (χ3v) is 15.6. The van der Waals surface area contributed by atoms with Gasteiger partial charge < -0.3 is 37.3 Å². The first-order valence-corrected chi connectivity index (χ1v) is 27.6. The minimum Gasteiger partial charge on any atom is -0.748 e. The number of hydrogen-bond donors (Lipinski definition) is 0. The van der Waals surface area contributed by atoms with Gasteiger partial charge in [0, 0.05) is 74.1 Å². The molecule has 2 atom stereocenters. The van der Waals surface area contributed by atoms with Crippen LogP contribution in [0.15, 0.2) is 99.3 Å². The summed E-state index contributed by atoms with van der Waals surface area (Å²) < 4.78 is 215. The first-order valence-electron chi connectivity index (χ1n) is 21.8. The maximum atomic E-state index is 14.4. The molecule has 0 spiro atoms. The van der Waals surface area contributed by atoms with Crippen LogP contribution in [-0.2, 0) is 65.6 Å². The van der Waals surface area contributed by atoms with Gasteiger partial charge in [0.1, 0.15) is 41.9 Å². The van der Waals surface area contributed by atoms with Gasteiger partial charge in [-0.2, -0.15) is 13.4 Å². The first kappa shape index (κ1) is 57.7. The average molecular weight is 1090 g/mol. The number of anilines is 1. The maximum Gasteiger partial charge on any atom is 0.311 e. The first-order chi connectivity index (χ1) is 33.5. The number of halogens is 4. The lowest BCUT2D eigenvalue weighted by atomic mass is 9.76. The summed E-state index contributed by atoms with van der Waals surface area (Å²) in [5, 5.41) is 0. The van der Waals surface area contributed by atoms with Crippen LogP contribution in [0.5, 0.6) is 5.75 Å². The summed E-state index contributed by atoms with van der Waals surface area (Å²) in [6.45, 7) is 4.49. The predicted molar refractivity (Wildman–Crippen MR) is 247 cm³/mol. The molecule has 18 nitrogen and oxygen atoms in total. The van der Waals surface area contributed by atoms with Gasteiger partial charge >= 0.3 is 5.97 Å². The van der Waals surface area contributed by atoms with Crippen molar-refractivity contribution in [1.82, 2.24) is 0 Å². The number of esters is 1. The average Bonchev–Trinajstić information content (AvgIpc) is 3.65. The van der Waals surface area contributed by atoms with Gasteiger partial charge in [-0.3, -0.25) is 4.79 Å². The van der Waals surface area contributed by atoms with Crippen LogP contribution in [0, 0.1) is 23.3 Å². The van der Waals surface area contributed by atoms with Crippen LogP contribution in [0.1, 0.15) is 69.9 Å². The standard InChI is InChI=1S/C46H52F4N2O16S4/c1-45(21-13-27-69(54,55)56)32-28-30(70(57,58)59)18-20-35(32)52(24-26-67-4)36(45)14-9-6-5-7-10-15-37-46(2,22-25-66-3)33-29-31(71(60,61)62)17-19-34(33)51(37)23-12-8-11-16-38(53)68-43-39(47)41(49)44(72(63,64)65)42(50)40(43)48/h5-7,9-10,14-15,17-20,28-29H,8,11-13,16,21-27H2,1-4H3,(H3-,54,55,56,57,58,59,60,61,62,63,64,65)/p-3. The topological polar surface area (TPSA) is 280 Å². The Morgan fingerprint density at radius 2 is 1.26 bits per heavy atom. The Labute approximate surface area is 415 Å². The van der Waals surface area contributed by atoms with Crippen LogP contribution in [0.2, 0.25) is 0 Å². The number of fused-ring (bicyclic) bond motifs is 2. The van der Waals surface area contributed by atoms with Crippen molar-refractivity contribution in [3.05, 3.63) is 119 Å². The molecule has 72 heavy (non-hydrogen) atoms. The molecule has 26 heteroatoms. The Morgan fingerprint density at radius 3 is 1.85 bits per heavy atom. The number of methoxy groups -OCH3 is 2. The van der Waals surface area contributed by atoms with E-state index < -0.39 is 113 Å². The molecule has 3 aromatic rings. The van der Waals surface area contributed by atoms with E-state index in [1.165, 1.54) is 44.6 Å². The number of carbonyl (C=O) groups excluding carboxylic acids is 1. The summed E-state index contributed by atoms with van der Waals surface area (Å²) in [5.41, 5.74) is 1.22. The second-order valence-electron chi connectivity index (χ2n) is 17.1. The molecule has 2 aliphatic rings. The number of allylic oxidation sites excluding steroid dienone is 8. The zero-order valence-electron chi connectivity index (χ0n) is 39.1. The Morgan fingerprint density at radius 1 is 0.681 bits per heavy atom. The van der Waals surface area contributed by atoms with E-state index in [-0.39, 0.29) is 52.0 Å². The van der Waals surface area contributed by atoms with Gasteiger partial charge in [-0.1, -0.05) is 36.8 Å². The van der Waals surface area contributed by atoms with Crippen molar-refractivity contribution in [3.8, 4) is 5.75 Å². The summed E-state index contributed by atoms with van der Waals surface area (Å²) in [4.78, 5) is 11.0. The molecule has 0 amide bonds. The molecule has 0 radical (unpaired) electrons. The van der Waals surface area contributed by atoms with Crippen molar-refractivity contribution in [2.24, 2.45) is 0 Å². The van der Waals surface area contributed by atoms with E-state index in [4.69, 9.17) is 9.47 Å². The van der Waals surface area contributed by atoms with Crippen LogP contribution < -0.4 is 9.64 Å². The Bertz CT molecular complexity index is 3190. The largest absolute Gasteiger partial charge is 0.748 e. The number of unbranched alkanes of at least 4 members (excludes halogenated alkanes) is 2. The zero-order valence-corrected chi connectivity index (χ0v) is 42.3. The monoisotopic (exact) mass is 1090 g/mol. The molecule has 0 bridgehead atoms. The zero-order chi connectivity index (χ0) is 53.6. The second-order valence-corrected chi connectivity index (χ2v) is 22.7. The lowest BCUT2D eigenvalue weighted by molar-refractivity contribution is -0.441. The predicted octanol–water partition coefficient (Wildman–Crippen LogP) is 5.82. The van der Waals surface area contributed by atoms with Crippen molar-refractivity contribution < 1.29 is 93.0 Å². The third-order valence-electron chi connectivity index (χ3n) is 12.3. The summed E-state index contributed by atoms with van der Waals surface area (Å²) in [6.07, 6.45) is 12.2. The van der Waals surface area contributed by atoms with Crippen molar-refractivity contribution in [3.63, 3.8) is 0 Å².